The lowest BCUT2D eigenvalue weighted by atomic mass is 9.88. The molecular weight excluding hydrogens is 401 g/mol. The highest BCUT2D eigenvalue weighted by molar-refractivity contribution is 5.86. The number of fused-ring (bicyclic) bond motifs is 1. The summed E-state index contributed by atoms with van der Waals surface area (Å²) in [7, 11) is 0. The van der Waals surface area contributed by atoms with Crippen LogP contribution in [0.1, 0.15) is 30.0 Å². The summed E-state index contributed by atoms with van der Waals surface area (Å²) in [5, 5.41) is 5.82. The number of carbonyl (C=O) groups is 1. The Morgan fingerprint density at radius 1 is 1.00 bits per heavy atom. The van der Waals surface area contributed by atoms with Gasteiger partial charge in [0.25, 0.3) is 0 Å². The lowest BCUT2D eigenvalue weighted by Crippen LogP contribution is -2.40. The molecule has 3 aromatic rings. The maximum absolute atomic E-state index is 13.0. The number of hydrogen-bond acceptors (Lipinski definition) is 2. The van der Waals surface area contributed by atoms with Gasteiger partial charge in [0.1, 0.15) is 0 Å². The van der Waals surface area contributed by atoms with Gasteiger partial charge in [0.2, 0.25) is 0 Å². The quantitative estimate of drug-likeness (QED) is 0.601. The topological polar surface area (TPSA) is 32.3 Å². The molecule has 1 heterocycles. The van der Waals surface area contributed by atoms with E-state index in [1.54, 1.807) is 0 Å². The molecule has 2 unspecified atom stereocenters. The van der Waals surface area contributed by atoms with E-state index in [0.29, 0.717) is 6.54 Å². The van der Waals surface area contributed by atoms with Crippen LogP contribution in [0.3, 0.4) is 0 Å². The molecule has 31 heavy (non-hydrogen) atoms. The number of benzene rings is 3. The molecule has 1 aliphatic heterocycles. The first-order valence-corrected chi connectivity index (χ1v) is 10.5. The number of alkyl halides is 3. The van der Waals surface area contributed by atoms with Gasteiger partial charge in [0, 0.05) is 31.6 Å². The van der Waals surface area contributed by atoms with Crippen LogP contribution in [0.15, 0.2) is 72.8 Å². The second kappa shape index (κ2) is 8.71. The highest BCUT2D eigenvalue weighted by Gasteiger charge is 2.47. The largest absolute Gasteiger partial charge is 0.471 e. The van der Waals surface area contributed by atoms with Crippen molar-refractivity contribution in [1.82, 2.24) is 10.2 Å². The third-order valence-corrected chi connectivity index (χ3v) is 6.17. The third kappa shape index (κ3) is 4.59. The SMILES string of the molecule is C[C@@H](NCC1CN(C(=O)C(F)(F)F)CC1c1ccccc1)c1cccc2ccccc12. The van der Waals surface area contributed by atoms with E-state index in [1.807, 2.05) is 48.5 Å². The minimum atomic E-state index is -4.85. The van der Waals surface area contributed by atoms with Crippen LogP contribution in [0, 0.1) is 5.92 Å². The summed E-state index contributed by atoms with van der Waals surface area (Å²) < 4.78 is 39.1. The van der Waals surface area contributed by atoms with E-state index >= 15 is 0 Å². The van der Waals surface area contributed by atoms with Crippen molar-refractivity contribution in [3.8, 4) is 0 Å². The summed E-state index contributed by atoms with van der Waals surface area (Å²) in [6.45, 7) is 2.75. The number of likely N-dealkylation sites (tertiary alicyclic amines) is 1. The molecule has 1 amide bonds. The summed E-state index contributed by atoms with van der Waals surface area (Å²) in [6.07, 6.45) is -4.85. The van der Waals surface area contributed by atoms with Gasteiger partial charge in [-0.1, -0.05) is 72.8 Å². The zero-order chi connectivity index (χ0) is 22.0. The Morgan fingerprint density at radius 3 is 2.42 bits per heavy atom. The highest BCUT2D eigenvalue weighted by Crippen LogP contribution is 2.35. The number of halogens is 3. The van der Waals surface area contributed by atoms with Crippen molar-refractivity contribution in [3.63, 3.8) is 0 Å². The summed E-state index contributed by atoms with van der Waals surface area (Å²) >= 11 is 0. The Hall–Kier alpha value is -2.86. The van der Waals surface area contributed by atoms with Gasteiger partial charge in [-0.15, -0.1) is 0 Å². The Balaban J connectivity index is 1.52. The standard InChI is InChI=1S/C25H25F3N2O/c1-17(21-13-7-11-18-10-5-6-12-22(18)21)29-14-20-15-30(24(31)25(26,27)28)16-23(20)19-8-3-2-4-9-19/h2-13,17,20,23,29H,14-16H2,1H3/t17-,20?,23?/m1/s1. The first-order chi connectivity index (χ1) is 14.8. The van der Waals surface area contributed by atoms with E-state index in [1.165, 1.54) is 0 Å². The number of amides is 1. The molecule has 0 aliphatic carbocycles. The molecule has 1 fully saturated rings. The van der Waals surface area contributed by atoms with Crippen molar-refractivity contribution >= 4 is 16.7 Å². The minimum absolute atomic E-state index is 0.0230. The minimum Gasteiger partial charge on any atom is -0.334 e. The fraction of sp³-hybridized carbons (Fsp3) is 0.320. The highest BCUT2D eigenvalue weighted by atomic mass is 19.4. The predicted molar refractivity (Wildman–Crippen MR) is 116 cm³/mol. The molecule has 4 rings (SSSR count). The number of carbonyl (C=O) groups excluding carboxylic acids is 1. The van der Waals surface area contributed by atoms with Crippen LogP contribution in [0.2, 0.25) is 0 Å². The predicted octanol–water partition coefficient (Wildman–Crippen LogP) is 5.29. The first kappa shape index (κ1) is 21.4. The van der Waals surface area contributed by atoms with E-state index < -0.39 is 12.1 Å². The molecule has 0 radical (unpaired) electrons. The summed E-state index contributed by atoms with van der Waals surface area (Å²) in [5.41, 5.74) is 2.11. The maximum atomic E-state index is 13.0. The summed E-state index contributed by atoms with van der Waals surface area (Å²) in [4.78, 5) is 12.8. The van der Waals surface area contributed by atoms with Gasteiger partial charge in [-0.2, -0.15) is 13.2 Å². The fourth-order valence-corrected chi connectivity index (χ4v) is 4.57. The molecule has 0 spiro atoms. The molecule has 0 aromatic heterocycles. The van der Waals surface area contributed by atoms with Gasteiger partial charge in [-0.3, -0.25) is 4.79 Å². The Labute approximate surface area is 179 Å². The molecule has 1 N–H and O–H groups in total. The van der Waals surface area contributed by atoms with Gasteiger partial charge in [-0.05, 0) is 34.7 Å². The van der Waals surface area contributed by atoms with E-state index in [-0.39, 0.29) is 31.0 Å². The Kier molecular flexibility index (Phi) is 6.01. The van der Waals surface area contributed by atoms with Crippen molar-refractivity contribution in [2.24, 2.45) is 5.92 Å². The summed E-state index contributed by atoms with van der Waals surface area (Å²) in [6, 6.07) is 23.8. The van der Waals surface area contributed by atoms with Crippen LogP contribution >= 0.6 is 0 Å². The van der Waals surface area contributed by atoms with Crippen LogP contribution in [0.25, 0.3) is 10.8 Å². The van der Waals surface area contributed by atoms with Crippen LogP contribution in [-0.4, -0.2) is 36.6 Å². The molecule has 0 saturated carbocycles. The second-order valence-corrected chi connectivity index (χ2v) is 8.18. The van der Waals surface area contributed by atoms with E-state index in [4.69, 9.17) is 0 Å². The fourth-order valence-electron chi connectivity index (χ4n) is 4.57. The molecule has 1 saturated heterocycles. The molecule has 3 nitrogen and oxygen atoms in total. The average molecular weight is 426 g/mol. The Bertz CT molecular complexity index is 1050. The van der Waals surface area contributed by atoms with Gasteiger partial charge < -0.3 is 10.2 Å². The normalized spacial score (nSPS) is 20.2. The van der Waals surface area contributed by atoms with Crippen molar-refractivity contribution in [2.45, 2.75) is 25.1 Å². The van der Waals surface area contributed by atoms with E-state index in [2.05, 4.69) is 36.5 Å². The van der Waals surface area contributed by atoms with Crippen molar-refractivity contribution in [1.29, 1.82) is 0 Å². The third-order valence-electron chi connectivity index (χ3n) is 6.17. The van der Waals surface area contributed by atoms with Crippen LogP contribution in [-0.2, 0) is 4.79 Å². The molecule has 6 heteroatoms. The number of hydrogen-bond donors (Lipinski definition) is 1. The Morgan fingerprint density at radius 2 is 1.68 bits per heavy atom. The van der Waals surface area contributed by atoms with E-state index in [0.717, 1.165) is 26.8 Å². The lowest BCUT2D eigenvalue weighted by Gasteiger charge is -2.23. The molecular formula is C25H25F3N2O. The number of rotatable bonds is 5. The molecule has 1 aliphatic rings. The summed E-state index contributed by atoms with van der Waals surface area (Å²) in [5.74, 6) is -2.00. The van der Waals surface area contributed by atoms with Crippen molar-refractivity contribution in [3.05, 3.63) is 83.9 Å². The van der Waals surface area contributed by atoms with Crippen LogP contribution < -0.4 is 5.32 Å². The molecule has 162 valence electrons. The van der Waals surface area contributed by atoms with E-state index in [9.17, 15) is 18.0 Å². The molecule has 0 bridgehead atoms. The smallest absolute Gasteiger partial charge is 0.334 e. The van der Waals surface area contributed by atoms with Gasteiger partial charge >= 0.3 is 12.1 Å². The first-order valence-electron chi connectivity index (χ1n) is 10.5. The molecule has 3 aromatic carbocycles. The lowest BCUT2D eigenvalue weighted by molar-refractivity contribution is -0.184. The van der Waals surface area contributed by atoms with Crippen molar-refractivity contribution in [2.75, 3.05) is 19.6 Å². The van der Waals surface area contributed by atoms with Crippen LogP contribution in [0.4, 0.5) is 13.2 Å². The van der Waals surface area contributed by atoms with Crippen LogP contribution in [0.5, 0.6) is 0 Å². The van der Waals surface area contributed by atoms with Gasteiger partial charge in [0.15, 0.2) is 0 Å². The average Bonchev–Trinajstić information content (AvgIpc) is 3.20. The zero-order valence-corrected chi connectivity index (χ0v) is 17.3. The second-order valence-electron chi connectivity index (χ2n) is 8.18. The monoisotopic (exact) mass is 426 g/mol. The number of nitrogens with zero attached hydrogens (tertiary/aromatic N) is 1. The number of nitrogens with one attached hydrogen (secondary N) is 1. The zero-order valence-electron chi connectivity index (χ0n) is 17.3. The maximum Gasteiger partial charge on any atom is 0.471 e. The van der Waals surface area contributed by atoms with Gasteiger partial charge in [0.05, 0.1) is 0 Å². The van der Waals surface area contributed by atoms with Gasteiger partial charge in [-0.25, -0.2) is 0 Å². The molecule has 3 atom stereocenters. The van der Waals surface area contributed by atoms with Crippen molar-refractivity contribution < 1.29 is 18.0 Å².